The predicted octanol–water partition coefficient (Wildman–Crippen LogP) is 3.74. The largest absolute Gasteiger partial charge is 0.465 e. The number of rotatable bonds is 3. The highest BCUT2D eigenvalue weighted by molar-refractivity contribution is 6.03. The van der Waals surface area contributed by atoms with Crippen LogP contribution in [0.3, 0.4) is 0 Å². The number of nitro groups is 1. The summed E-state index contributed by atoms with van der Waals surface area (Å²) < 4.78 is 4.68. The van der Waals surface area contributed by atoms with Gasteiger partial charge in [-0.05, 0) is 28.7 Å². The van der Waals surface area contributed by atoms with Crippen molar-refractivity contribution in [2.24, 2.45) is 0 Å². The molecule has 6 heteroatoms. The molecule has 0 radical (unpaired) electrons. The molecule has 1 aliphatic rings. The molecular weight excluding hydrogens is 310 g/mol. The summed E-state index contributed by atoms with van der Waals surface area (Å²) in [6, 6.07) is 9.49. The molecule has 1 aliphatic carbocycles. The molecule has 0 fully saturated rings. The van der Waals surface area contributed by atoms with Crippen LogP contribution in [-0.2, 0) is 4.74 Å². The smallest absolute Gasteiger partial charge is 0.338 e. The Morgan fingerprint density at radius 1 is 1.25 bits per heavy atom. The second kappa shape index (κ2) is 5.88. The fourth-order valence-electron chi connectivity index (χ4n) is 3.19. The van der Waals surface area contributed by atoms with Gasteiger partial charge in [0.2, 0.25) is 0 Å². The zero-order chi connectivity index (χ0) is 17.4. The van der Waals surface area contributed by atoms with Crippen LogP contribution in [0, 0.1) is 10.1 Å². The number of esters is 1. The van der Waals surface area contributed by atoms with Crippen molar-refractivity contribution in [3.63, 3.8) is 0 Å². The summed E-state index contributed by atoms with van der Waals surface area (Å²) >= 11 is 0. The van der Waals surface area contributed by atoms with Gasteiger partial charge in [-0.1, -0.05) is 25.1 Å². The van der Waals surface area contributed by atoms with E-state index in [1.807, 2.05) is 13.0 Å². The fraction of sp³-hybridized carbons (Fsp3) is 0.222. The first-order valence-corrected chi connectivity index (χ1v) is 7.46. The van der Waals surface area contributed by atoms with Crippen LogP contribution in [-0.4, -0.2) is 23.8 Å². The molecule has 2 aromatic rings. The molecule has 122 valence electrons. The van der Waals surface area contributed by atoms with Gasteiger partial charge in [0, 0.05) is 24.1 Å². The number of carbonyl (C=O) groups excluding carboxylic acids is 2. The molecule has 0 N–H and O–H groups in total. The molecule has 0 heterocycles. The van der Waals surface area contributed by atoms with E-state index >= 15 is 0 Å². The number of methoxy groups -OCH3 is 1. The maximum Gasteiger partial charge on any atom is 0.338 e. The van der Waals surface area contributed by atoms with Gasteiger partial charge in [-0.2, -0.15) is 0 Å². The Morgan fingerprint density at radius 3 is 2.62 bits per heavy atom. The van der Waals surface area contributed by atoms with Crippen LogP contribution in [0.15, 0.2) is 36.4 Å². The molecule has 1 atom stereocenters. The van der Waals surface area contributed by atoms with Crippen molar-refractivity contribution >= 4 is 17.4 Å². The summed E-state index contributed by atoms with van der Waals surface area (Å²) in [5.41, 5.74) is 2.70. The Kier molecular flexibility index (Phi) is 3.89. The molecule has 1 unspecified atom stereocenters. The molecule has 0 aromatic heterocycles. The van der Waals surface area contributed by atoms with Crippen molar-refractivity contribution in [1.29, 1.82) is 0 Å². The monoisotopic (exact) mass is 325 g/mol. The molecule has 3 rings (SSSR count). The highest BCUT2D eigenvalue weighted by Gasteiger charge is 2.29. The minimum absolute atomic E-state index is 0.0320. The number of Topliss-reactive ketones (excluding diaryl/α,β-unsaturated/α-hetero) is 1. The third-order valence-corrected chi connectivity index (χ3v) is 4.25. The summed E-state index contributed by atoms with van der Waals surface area (Å²) in [6.45, 7) is 1.95. The van der Waals surface area contributed by atoms with Crippen LogP contribution < -0.4 is 0 Å². The first kappa shape index (κ1) is 15.9. The van der Waals surface area contributed by atoms with Gasteiger partial charge in [0.25, 0.3) is 5.69 Å². The number of hydrogen-bond donors (Lipinski definition) is 0. The maximum atomic E-state index is 12.1. The predicted molar refractivity (Wildman–Crippen MR) is 87.2 cm³/mol. The van der Waals surface area contributed by atoms with Crippen LogP contribution in [0.2, 0.25) is 0 Å². The molecule has 0 bridgehead atoms. The summed E-state index contributed by atoms with van der Waals surface area (Å²) in [7, 11) is 1.22. The first-order chi connectivity index (χ1) is 11.4. The van der Waals surface area contributed by atoms with Crippen LogP contribution in [0.5, 0.6) is 0 Å². The third-order valence-electron chi connectivity index (χ3n) is 4.25. The average Bonchev–Trinajstić information content (AvgIpc) is 2.88. The summed E-state index contributed by atoms with van der Waals surface area (Å²) in [6.07, 6.45) is 0.422. The number of hydrogen-bond acceptors (Lipinski definition) is 5. The van der Waals surface area contributed by atoms with Gasteiger partial charge in [-0.3, -0.25) is 14.9 Å². The number of nitrogens with zero attached hydrogens (tertiary/aromatic N) is 1. The standard InChI is InChI=1S/C18H15NO5/c1-10-6-16(20)15-5-3-4-14(17(10)15)11-7-12(18(21)24-2)9-13(8-11)19(22)23/h3-5,7-10H,6H2,1-2H3. The summed E-state index contributed by atoms with van der Waals surface area (Å²) in [5, 5.41) is 11.2. The Labute approximate surface area is 138 Å². The number of ether oxygens (including phenoxy) is 1. The molecule has 2 aromatic carbocycles. The van der Waals surface area contributed by atoms with E-state index in [-0.39, 0.29) is 23.0 Å². The molecule has 0 saturated heterocycles. The second-order valence-corrected chi connectivity index (χ2v) is 5.81. The van der Waals surface area contributed by atoms with Crippen molar-refractivity contribution < 1.29 is 19.2 Å². The zero-order valence-corrected chi connectivity index (χ0v) is 13.2. The van der Waals surface area contributed by atoms with Crippen molar-refractivity contribution in [3.05, 3.63) is 63.2 Å². The highest BCUT2D eigenvalue weighted by atomic mass is 16.6. The van der Waals surface area contributed by atoms with E-state index in [4.69, 9.17) is 0 Å². The number of benzene rings is 2. The lowest BCUT2D eigenvalue weighted by molar-refractivity contribution is -0.384. The van der Waals surface area contributed by atoms with Gasteiger partial charge in [0.1, 0.15) is 0 Å². The van der Waals surface area contributed by atoms with Gasteiger partial charge in [0.15, 0.2) is 5.78 Å². The van der Waals surface area contributed by atoms with E-state index in [1.165, 1.54) is 19.2 Å². The SMILES string of the molecule is COC(=O)c1cc(-c2cccc3c2C(C)CC3=O)cc([N+](=O)[O-])c1. The topological polar surface area (TPSA) is 86.5 Å². The molecule has 0 saturated carbocycles. The van der Waals surface area contributed by atoms with Gasteiger partial charge in [0.05, 0.1) is 17.6 Å². The molecule has 0 amide bonds. The fourth-order valence-corrected chi connectivity index (χ4v) is 3.19. The van der Waals surface area contributed by atoms with Crippen LogP contribution in [0.1, 0.15) is 45.5 Å². The lowest BCUT2D eigenvalue weighted by Crippen LogP contribution is -2.03. The van der Waals surface area contributed by atoms with Gasteiger partial charge in [-0.25, -0.2) is 4.79 Å². The average molecular weight is 325 g/mol. The number of ketones is 1. The van der Waals surface area contributed by atoms with E-state index in [1.54, 1.807) is 18.2 Å². The van der Waals surface area contributed by atoms with Crippen LogP contribution >= 0.6 is 0 Å². The zero-order valence-electron chi connectivity index (χ0n) is 13.2. The lowest BCUT2D eigenvalue weighted by atomic mass is 9.91. The van der Waals surface area contributed by atoms with E-state index in [9.17, 15) is 19.7 Å². The number of fused-ring (bicyclic) bond motifs is 1. The Hall–Kier alpha value is -3.02. The van der Waals surface area contributed by atoms with E-state index < -0.39 is 10.9 Å². The minimum atomic E-state index is -0.642. The molecular formula is C18H15NO5. The van der Waals surface area contributed by atoms with E-state index in [2.05, 4.69) is 4.74 Å². The molecule has 0 spiro atoms. The van der Waals surface area contributed by atoms with Crippen molar-refractivity contribution in [1.82, 2.24) is 0 Å². The van der Waals surface area contributed by atoms with Crippen molar-refractivity contribution in [2.45, 2.75) is 19.3 Å². The van der Waals surface area contributed by atoms with Gasteiger partial charge < -0.3 is 4.74 Å². The van der Waals surface area contributed by atoms with E-state index in [0.717, 1.165) is 11.1 Å². The van der Waals surface area contributed by atoms with Gasteiger partial charge in [-0.15, -0.1) is 0 Å². The molecule has 6 nitrogen and oxygen atoms in total. The van der Waals surface area contributed by atoms with Crippen molar-refractivity contribution in [3.8, 4) is 11.1 Å². The molecule has 24 heavy (non-hydrogen) atoms. The normalized spacial score (nSPS) is 15.9. The van der Waals surface area contributed by atoms with E-state index in [0.29, 0.717) is 17.5 Å². The lowest BCUT2D eigenvalue weighted by Gasteiger charge is -2.12. The number of nitro benzene ring substituents is 1. The van der Waals surface area contributed by atoms with Crippen LogP contribution in [0.25, 0.3) is 11.1 Å². The quantitative estimate of drug-likeness (QED) is 0.487. The summed E-state index contributed by atoms with van der Waals surface area (Å²) in [4.78, 5) is 34.5. The minimum Gasteiger partial charge on any atom is -0.465 e. The number of carbonyl (C=O) groups is 2. The number of non-ortho nitro benzene ring substituents is 1. The van der Waals surface area contributed by atoms with Crippen molar-refractivity contribution in [2.75, 3.05) is 7.11 Å². The Balaban J connectivity index is 2.24. The Bertz CT molecular complexity index is 872. The third kappa shape index (κ3) is 2.56. The second-order valence-electron chi connectivity index (χ2n) is 5.81. The first-order valence-electron chi connectivity index (χ1n) is 7.46. The maximum absolute atomic E-state index is 12.1. The molecule has 0 aliphatic heterocycles. The Morgan fingerprint density at radius 2 is 1.96 bits per heavy atom. The van der Waals surface area contributed by atoms with Crippen LogP contribution in [0.4, 0.5) is 5.69 Å². The summed E-state index contributed by atoms with van der Waals surface area (Å²) in [5.74, 6) is -0.542. The highest BCUT2D eigenvalue weighted by Crippen LogP contribution is 2.40. The van der Waals surface area contributed by atoms with Gasteiger partial charge >= 0.3 is 5.97 Å².